The highest BCUT2D eigenvalue weighted by Gasteiger charge is 2.13. The van der Waals surface area contributed by atoms with Gasteiger partial charge >= 0.3 is 0 Å². The maximum absolute atomic E-state index is 12.1. The van der Waals surface area contributed by atoms with Gasteiger partial charge in [-0.3, -0.25) is 9.69 Å². The summed E-state index contributed by atoms with van der Waals surface area (Å²) in [5.74, 6) is 0.989. The molecule has 1 N–H and O–H groups in total. The van der Waals surface area contributed by atoms with E-state index in [1.807, 2.05) is 11.9 Å². The van der Waals surface area contributed by atoms with Gasteiger partial charge in [-0.2, -0.15) is 0 Å². The first kappa shape index (κ1) is 17.5. The van der Waals surface area contributed by atoms with E-state index in [1.165, 1.54) is 0 Å². The maximum atomic E-state index is 12.1. The van der Waals surface area contributed by atoms with Crippen molar-refractivity contribution in [3.05, 3.63) is 58.4 Å². The van der Waals surface area contributed by atoms with Gasteiger partial charge in [0.1, 0.15) is 0 Å². The van der Waals surface area contributed by atoms with Gasteiger partial charge in [0, 0.05) is 18.3 Å². The van der Waals surface area contributed by atoms with Crippen molar-refractivity contribution >= 4 is 34.8 Å². The average molecular weight is 380 g/mol. The predicted octanol–water partition coefficient (Wildman–Crippen LogP) is 4.31. The lowest BCUT2D eigenvalue weighted by atomic mass is 10.3. The van der Waals surface area contributed by atoms with Crippen molar-refractivity contribution in [1.82, 2.24) is 10.1 Å². The summed E-state index contributed by atoms with van der Waals surface area (Å²) in [5, 5.41) is 7.59. The van der Waals surface area contributed by atoms with Gasteiger partial charge in [0.2, 0.25) is 11.7 Å². The zero-order valence-corrected chi connectivity index (χ0v) is 14.8. The number of carbonyl (C=O) groups is 1. The molecular weight excluding hydrogens is 365 g/mol. The zero-order chi connectivity index (χ0) is 17.8. The lowest BCUT2D eigenvalue weighted by Crippen LogP contribution is -2.29. The van der Waals surface area contributed by atoms with Gasteiger partial charge < -0.3 is 14.3 Å². The van der Waals surface area contributed by atoms with E-state index in [0.29, 0.717) is 39.5 Å². The molecule has 0 atom stereocenters. The molecule has 0 aliphatic heterocycles. The van der Waals surface area contributed by atoms with Crippen LogP contribution in [0.15, 0.2) is 51.6 Å². The molecule has 6 nitrogen and oxygen atoms in total. The van der Waals surface area contributed by atoms with Crippen LogP contribution < -0.4 is 5.32 Å². The molecule has 0 fully saturated rings. The second-order valence-electron chi connectivity index (χ2n) is 5.51. The minimum Gasteiger partial charge on any atom is -0.461 e. The topological polar surface area (TPSA) is 71.5 Å². The number of nitrogens with zero attached hydrogens (tertiary/aromatic N) is 2. The molecule has 130 valence electrons. The van der Waals surface area contributed by atoms with Crippen LogP contribution in [0, 0.1) is 0 Å². The first-order valence-electron chi connectivity index (χ1n) is 7.44. The van der Waals surface area contributed by atoms with Crippen LogP contribution in [-0.2, 0) is 11.3 Å². The minimum absolute atomic E-state index is 0.171. The summed E-state index contributed by atoms with van der Waals surface area (Å²) in [4.78, 5) is 13.9. The highest BCUT2D eigenvalue weighted by atomic mass is 35.5. The Balaban J connectivity index is 1.54. The van der Waals surface area contributed by atoms with E-state index in [-0.39, 0.29) is 12.5 Å². The fourth-order valence-corrected chi connectivity index (χ4v) is 2.57. The number of nitrogens with one attached hydrogen (secondary N) is 1. The lowest BCUT2D eigenvalue weighted by Gasteiger charge is -2.14. The molecule has 0 radical (unpaired) electrons. The molecule has 0 spiro atoms. The fourth-order valence-electron chi connectivity index (χ4n) is 2.27. The quantitative estimate of drug-likeness (QED) is 0.690. The summed E-state index contributed by atoms with van der Waals surface area (Å²) in [5.41, 5.74) is 1.30. The Morgan fingerprint density at radius 1 is 1.20 bits per heavy atom. The van der Waals surface area contributed by atoms with Gasteiger partial charge in [0.25, 0.3) is 0 Å². The molecule has 0 saturated carbocycles. The average Bonchev–Trinajstić information content (AvgIpc) is 3.21. The van der Waals surface area contributed by atoms with Crippen LogP contribution in [-0.4, -0.2) is 29.6 Å². The van der Waals surface area contributed by atoms with Crippen molar-refractivity contribution in [2.75, 3.05) is 18.9 Å². The molecule has 0 saturated heterocycles. The number of furan rings is 1. The van der Waals surface area contributed by atoms with Gasteiger partial charge in [0.15, 0.2) is 5.76 Å². The summed E-state index contributed by atoms with van der Waals surface area (Å²) in [7, 11) is 1.82. The van der Waals surface area contributed by atoms with Gasteiger partial charge in [-0.1, -0.05) is 28.4 Å². The molecule has 25 heavy (non-hydrogen) atoms. The Hall–Kier alpha value is -2.28. The fraction of sp³-hybridized carbons (Fsp3) is 0.176. The number of aromatic nitrogens is 1. The van der Waals surface area contributed by atoms with Crippen LogP contribution in [0.2, 0.25) is 10.0 Å². The summed E-state index contributed by atoms with van der Waals surface area (Å²) in [6.45, 7) is 0.641. The van der Waals surface area contributed by atoms with Crippen LogP contribution in [0.1, 0.15) is 5.69 Å². The van der Waals surface area contributed by atoms with Crippen molar-refractivity contribution < 1.29 is 13.7 Å². The normalized spacial score (nSPS) is 11.0. The molecule has 1 aromatic carbocycles. The standard InChI is InChI=1S/C17H15Cl2N3O3/c1-22(9-12-8-16(25-21-12)15-3-2-6-24-15)10-17(23)20-11-4-5-13(18)14(19)7-11/h2-8H,9-10H2,1H3,(H,20,23). The van der Waals surface area contributed by atoms with Crippen molar-refractivity contribution in [3.63, 3.8) is 0 Å². The van der Waals surface area contributed by atoms with Gasteiger partial charge in [-0.15, -0.1) is 0 Å². The van der Waals surface area contributed by atoms with Crippen molar-refractivity contribution in [3.8, 4) is 11.5 Å². The number of anilines is 1. The number of hydrogen-bond donors (Lipinski definition) is 1. The number of hydrogen-bond acceptors (Lipinski definition) is 5. The zero-order valence-electron chi connectivity index (χ0n) is 13.3. The number of halogens is 2. The van der Waals surface area contributed by atoms with E-state index in [1.54, 1.807) is 42.7 Å². The molecule has 0 bridgehead atoms. The van der Waals surface area contributed by atoms with Crippen molar-refractivity contribution in [2.24, 2.45) is 0 Å². The maximum Gasteiger partial charge on any atom is 0.238 e. The molecule has 2 aromatic heterocycles. The number of rotatable bonds is 6. The molecule has 2 heterocycles. The Morgan fingerprint density at radius 2 is 2.04 bits per heavy atom. The Morgan fingerprint density at radius 3 is 2.76 bits per heavy atom. The summed E-state index contributed by atoms with van der Waals surface area (Å²) in [6.07, 6.45) is 1.57. The summed E-state index contributed by atoms with van der Waals surface area (Å²) >= 11 is 11.8. The third-order valence-electron chi connectivity index (χ3n) is 3.37. The van der Waals surface area contributed by atoms with E-state index >= 15 is 0 Å². The van der Waals surface area contributed by atoms with Gasteiger partial charge in [-0.05, 0) is 37.4 Å². The first-order chi connectivity index (χ1) is 12.0. The smallest absolute Gasteiger partial charge is 0.238 e. The van der Waals surface area contributed by atoms with E-state index < -0.39 is 0 Å². The third-order valence-corrected chi connectivity index (χ3v) is 4.11. The van der Waals surface area contributed by atoms with Crippen LogP contribution in [0.5, 0.6) is 0 Å². The van der Waals surface area contributed by atoms with Crippen LogP contribution in [0.25, 0.3) is 11.5 Å². The highest BCUT2D eigenvalue weighted by Crippen LogP contribution is 2.25. The molecular formula is C17H15Cl2N3O3. The van der Waals surface area contributed by atoms with Crippen LogP contribution in [0.3, 0.4) is 0 Å². The van der Waals surface area contributed by atoms with Crippen LogP contribution >= 0.6 is 23.2 Å². The van der Waals surface area contributed by atoms with E-state index in [9.17, 15) is 4.79 Å². The van der Waals surface area contributed by atoms with Crippen LogP contribution in [0.4, 0.5) is 5.69 Å². The second-order valence-corrected chi connectivity index (χ2v) is 6.32. The molecule has 3 aromatic rings. The Labute approximate surface area is 154 Å². The number of benzene rings is 1. The number of amides is 1. The van der Waals surface area contributed by atoms with Crippen molar-refractivity contribution in [1.29, 1.82) is 0 Å². The molecule has 0 unspecified atom stereocenters. The van der Waals surface area contributed by atoms with Crippen molar-refractivity contribution in [2.45, 2.75) is 6.54 Å². The molecule has 0 aliphatic rings. The van der Waals surface area contributed by atoms with Gasteiger partial charge in [-0.25, -0.2) is 0 Å². The first-order valence-corrected chi connectivity index (χ1v) is 8.20. The van der Waals surface area contributed by atoms with E-state index in [2.05, 4.69) is 10.5 Å². The van der Waals surface area contributed by atoms with E-state index in [0.717, 1.165) is 0 Å². The number of likely N-dealkylation sites (N-methyl/N-ethyl adjacent to an activating group) is 1. The molecule has 1 amide bonds. The SMILES string of the molecule is CN(CC(=O)Nc1ccc(Cl)c(Cl)c1)Cc1cc(-c2ccco2)on1. The second kappa shape index (κ2) is 7.74. The minimum atomic E-state index is -0.171. The highest BCUT2D eigenvalue weighted by molar-refractivity contribution is 6.42. The predicted molar refractivity (Wildman–Crippen MR) is 95.6 cm³/mol. The lowest BCUT2D eigenvalue weighted by molar-refractivity contribution is -0.117. The molecule has 8 heteroatoms. The monoisotopic (exact) mass is 379 g/mol. The summed E-state index contributed by atoms with van der Waals surface area (Å²) in [6, 6.07) is 10.3. The Bertz CT molecular complexity index is 862. The summed E-state index contributed by atoms with van der Waals surface area (Å²) < 4.78 is 10.5. The molecule has 3 rings (SSSR count). The largest absolute Gasteiger partial charge is 0.461 e. The van der Waals surface area contributed by atoms with Gasteiger partial charge in [0.05, 0.1) is 28.5 Å². The third kappa shape index (κ3) is 4.63. The van der Waals surface area contributed by atoms with E-state index in [4.69, 9.17) is 32.1 Å². The number of carbonyl (C=O) groups excluding carboxylic acids is 1. The molecule has 0 aliphatic carbocycles. The Kier molecular flexibility index (Phi) is 5.43.